The molecule has 0 amide bonds. The molecule has 2 aromatic heterocycles. The van der Waals surface area contributed by atoms with Crippen LogP contribution in [0.5, 0.6) is 0 Å². The summed E-state index contributed by atoms with van der Waals surface area (Å²) in [5.74, 6) is 0. The van der Waals surface area contributed by atoms with Gasteiger partial charge >= 0.3 is 11.1 Å². The second-order valence-corrected chi connectivity index (χ2v) is 7.33. The van der Waals surface area contributed by atoms with Crippen molar-refractivity contribution in [1.82, 2.24) is 19.0 Å². The van der Waals surface area contributed by atoms with Crippen molar-refractivity contribution in [2.75, 3.05) is 13.1 Å². The molecule has 0 unspecified atom stereocenters. The zero-order valence-electron chi connectivity index (χ0n) is 15.8. The molecular weight excluding hydrogens is 340 g/mol. The van der Waals surface area contributed by atoms with E-state index in [9.17, 15) is 9.59 Å². The highest BCUT2D eigenvalue weighted by molar-refractivity contribution is 5.71. The SMILES string of the molecule is Cc1ccc2c(n1)n(C1CCN(Cc3ccccc3)CC1)c(=O)c(=O)n2C. The summed E-state index contributed by atoms with van der Waals surface area (Å²) in [6, 6.07) is 14.2. The van der Waals surface area contributed by atoms with Crippen molar-refractivity contribution < 1.29 is 0 Å². The summed E-state index contributed by atoms with van der Waals surface area (Å²) in [5, 5.41) is 0. The van der Waals surface area contributed by atoms with Crippen molar-refractivity contribution in [3.05, 3.63) is 74.4 Å². The van der Waals surface area contributed by atoms with Gasteiger partial charge in [-0.15, -0.1) is 0 Å². The number of aryl methyl sites for hydroxylation is 2. The lowest BCUT2D eigenvalue weighted by Crippen LogP contribution is -2.45. The minimum Gasteiger partial charge on any atom is -0.304 e. The number of benzene rings is 1. The molecule has 27 heavy (non-hydrogen) atoms. The normalized spacial score (nSPS) is 16.1. The summed E-state index contributed by atoms with van der Waals surface area (Å²) in [4.78, 5) is 32.2. The van der Waals surface area contributed by atoms with Crippen LogP contribution < -0.4 is 11.1 Å². The number of piperidine rings is 1. The van der Waals surface area contributed by atoms with E-state index in [0.717, 1.165) is 38.2 Å². The quantitative estimate of drug-likeness (QED) is 0.669. The summed E-state index contributed by atoms with van der Waals surface area (Å²) >= 11 is 0. The van der Waals surface area contributed by atoms with Gasteiger partial charge in [-0.3, -0.25) is 19.1 Å². The first-order valence-electron chi connectivity index (χ1n) is 9.40. The van der Waals surface area contributed by atoms with Gasteiger partial charge in [0.15, 0.2) is 5.65 Å². The van der Waals surface area contributed by atoms with Gasteiger partial charge in [-0.2, -0.15) is 0 Å². The van der Waals surface area contributed by atoms with E-state index in [1.54, 1.807) is 11.6 Å². The average Bonchev–Trinajstić information content (AvgIpc) is 2.68. The molecule has 3 heterocycles. The van der Waals surface area contributed by atoms with E-state index < -0.39 is 11.1 Å². The van der Waals surface area contributed by atoms with Crippen LogP contribution >= 0.6 is 0 Å². The van der Waals surface area contributed by atoms with Crippen LogP contribution in [-0.4, -0.2) is 32.1 Å². The van der Waals surface area contributed by atoms with Crippen LogP contribution in [0.1, 0.15) is 30.1 Å². The maximum absolute atomic E-state index is 12.8. The number of likely N-dealkylation sites (tertiary alicyclic amines) is 1. The number of nitrogens with zero attached hydrogens (tertiary/aromatic N) is 4. The largest absolute Gasteiger partial charge is 0.318 e. The Hall–Kier alpha value is -2.73. The molecule has 3 aromatic rings. The van der Waals surface area contributed by atoms with Gasteiger partial charge in [0.2, 0.25) is 0 Å². The highest BCUT2D eigenvalue weighted by Crippen LogP contribution is 2.24. The number of hydrogen-bond donors (Lipinski definition) is 0. The molecule has 0 spiro atoms. The van der Waals surface area contributed by atoms with Gasteiger partial charge in [-0.25, -0.2) is 4.98 Å². The van der Waals surface area contributed by atoms with Crippen LogP contribution in [0, 0.1) is 6.92 Å². The molecule has 4 rings (SSSR count). The summed E-state index contributed by atoms with van der Waals surface area (Å²) in [5.41, 5.74) is 2.50. The van der Waals surface area contributed by atoms with E-state index in [2.05, 4.69) is 34.1 Å². The molecule has 0 N–H and O–H groups in total. The fourth-order valence-corrected chi connectivity index (χ4v) is 3.94. The first kappa shape index (κ1) is 17.7. The van der Waals surface area contributed by atoms with Gasteiger partial charge < -0.3 is 4.57 Å². The Morgan fingerprint density at radius 3 is 2.41 bits per heavy atom. The first-order chi connectivity index (χ1) is 13.0. The van der Waals surface area contributed by atoms with Crippen LogP contribution in [0.25, 0.3) is 11.2 Å². The lowest BCUT2D eigenvalue weighted by molar-refractivity contribution is 0.179. The average molecular weight is 364 g/mol. The molecule has 1 aromatic carbocycles. The predicted molar refractivity (Wildman–Crippen MR) is 106 cm³/mol. The van der Waals surface area contributed by atoms with Crippen molar-refractivity contribution in [2.24, 2.45) is 7.05 Å². The minimum absolute atomic E-state index is 0.00947. The number of fused-ring (bicyclic) bond motifs is 1. The maximum Gasteiger partial charge on any atom is 0.318 e. The van der Waals surface area contributed by atoms with Crippen molar-refractivity contribution in [2.45, 2.75) is 32.4 Å². The van der Waals surface area contributed by atoms with E-state index in [1.807, 2.05) is 25.1 Å². The van der Waals surface area contributed by atoms with Gasteiger partial charge in [0.05, 0.1) is 5.52 Å². The van der Waals surface area contributed by atoms with Gasteiger partial charge in [-0.05, 0) is 37.5 Å². The molecule has 0 saturated carbocycles. The fraction of sp³-hybridized carbons (Fsp3) is 0.381. The van der Waals surface area contributed by atoms with Crippen LogP contribution in [0.15, 0.2) is 52.1 Å². The zero-order valence-corrected chi connectivity index (χ0v) is 15.8. The fourth-order valence-electron chi connectivity index (χ4n) is 3.94. The smallest absolute Gasteiger partial charge is 0.304 e. The molecule has 0 bridgehead atoms. The van der Waals surface area contributed by atoms with E-state index in [4.69, 9.17) is 0 Å². The van der Waals surface area contributed by atoms with Crippen molar-refractivity contribution in [3.63, 3.8) is 0 Å². The molecule has 0 atom stereocenters. The molecule has 140 valence electrons. The van der Waals surface area contributed by atoms with Crippen LogP contribution in [0.4, 0.5) is 0 Å². The number of pyridine rings is 1. The van der Waals surface area contributed by atoms with Gasteiger partial charge in [0, 0.05) is 38.4 Å². The Morgan fingerprint density at radius 2 is 1.70 bits per heavy atom. The molecule has 0 aliphatic carbocycles. The second kappa shape index (κ2) is 7.12. The molecule has 6 heteroatoms. The third kappa shape index (κ3) is 3.32. The topological polar surface area (TPSA) is 60.1 Å². The molecule has 6 nitrogen and oxygen atoms in total. The Balaban J connectivity index is 1.63. The first-order valence-corrected chi connectivity index (χ1v) is 9.40. The van der Waals surface area contributed by atoms with E-state index >= 15 is 0 Å². The number of aromatic nitrogens is 3. The van der Waals surface area contributed by atoms with Crippen molar-refractivity contribution in [3.8, 4) is 0 Å². The van der Waals surface area contributed by atoms with E-state index in [0.29, 0.717) is 11.2 Å². The van der Waals surface area contributed by atoms with Gasteiger partial charge in [0.1, 0.15) is 0 Å². The summed E-state index contributed by atoms with van der Waals surface area (Å²) in [6.45, 7) is 4.61. The third-order valence-corrected chi connectivity index (χ3v) is 5.46. The molecule has 1 saturated heterocycles. The monoisotopic (exact) mass is 364 g/mol. The standard InChI is InChI=1S/C21H24N4O2/c1-15-8-9-18-19(22-15)25(21(27)20(26)23(18)2)17-10-12-24(13-11-17)14-16-6-4-3-5-7-16/h3-9,17H,10-14H2,1-2H3. The Bertz CT molecular complexity index is 1080. The molecule has 0 radical (unpaired) electrons. The Kier molecular flexibility index (Phi) is 4.66. The van der Waals surface area contributed by atoms with Gasteiger partial charge in [0.25, 0.3) is 0 Å². The van der Waals surface area contributed by atoms with Crippen LogP contribution in [-0.2, 0) is 13.6 Å². The van der Waals surface area contributed by atoms with Crippen LogP contribution in [0.2, 0.25) is 0 Å². The van der Waals surface area contributed by atoms with Gasteiger partial charge in [-0.1, -0.05) is 30.3 Å². The second-order valence-electron chi connectivity index (χ2n) is 7.33. The Morgan fingerprint density at radius 1 is 1.00 bits per heavy atom. The summed E-state index contributed by atoms with van der Waals surface area (Å²) in [6.07, 6.45) is 1.68. The minimum atomic E-state index is -0.486. The van der Waals surface area contributed by atoms with Crippen molar-refractivity contribution >= 4 is 11.2 Å². The third-order valence-electron chi connectivity index (χ3n) is 5.46. The van der Waals surface area contributed by atoms with E-state index in [1.165, 1.54) is 10.1 Å². The lowest BCUT2D eigenvalue weighted by atomic mass is 10.0. The molecule has 1 aliphatic rings. The summed E-state index contributed by atoms with van der Waals surface area (Å²) in [7, 11) is 1.63. The highest BCUT2D eigenvalue weighted by Gasteiger charge is 2.25. The molecule has 1 fully saturated rings. The maximum atomic E-state index is 12.8. The zero-order chi connectivity index (χ0) is 19.0. The number of hydrogen-bond acceptors (Lipinski definition) is 4. The number of rotatable bonds is 3. The van der Waals surface area contributed by atoms with Crippen LogP contribution in [0.3, 0.4) is 0 Å². The van der Waals surface area contributed by atoms with E-state index in [-0.39, 0.29) is 6.04 Å². The molecular formula is C21H24N4O2. The lowest BCUT2D eigenvalue weighted by Gasteiger charge is -2.33. The summed E-state index contributed by atoms with van der Waals surface area (Å²) < 4.78 is 3.05. The van der Waals surface area contributed by atoms with Crippen molar-refractivity contribution in [1.29, 1.82) is 0 Å². The predicted octanol–water partition coefficient (Wildman–Crippen LogP) is 2.24. The molecule has 1 aliphatic heterocycles. The Labute approximate surface area is 157 Å². The highest BCUT2D eigenvalue weighted by atomic mass is 16.2.